The molecule has 0 aliphatic heterocycles. The SMILES string of the molecule is CCOC(=O)/C(C)=N/Nc1ccc(OCCOC)cc1[N+](=O)[O-]. The van der Waals surface area contributed by atoms with Gasteiger partial charge in [-0.25, -0.2) is 4.79 Å². The fourth-order valence-corrected chi connectivity index (χ4v) is 1.51. The number of carbonyl (C=O) groups excluding carboxylic acids is 1. The van der Waals surface area contributed by atoms with Crippen molar-refractivity contribution in [3.63, 3.8) is 0 Å². The molecule has 126 valence electrons. The molecular formula is C14H19N3O6. The summed E-state index contributed by atoms with van der Waals surface area (Å²) in [6.07, 6.45) is 0. The predicted molar refractivity (Wildman–Crippen MR) is 83.8 cm³/mol. The second-order valence-corrected chi connectivity index (χ2v) is 4.31. The Kier molecular flexibility index (Phi) is 7.48. The van der Waals surface area contributed by atoms with E-state index >= 15 is 0 Å². The van der Waals surface area contributed by atoms with Crippen molar-refractivity contribution in [3.05, 3.63) is 28.3 Å². The molecule has 1 aromatic carbocycles. The minimum atomic E-state index is -0.595. The Morgan fingerprint density at radius 1 is 1.39 bits per heavy atom. The Morgan fingerprint density at radius 2 is 2.13 bits per heavy atom. The van der Waals surface area contributed by atoms with Crippen LogP contribution < -0.4 is 10.2 Å². The smallest absolute Gasteiger partial charge is 0.354 e. The van der Waals surface area contributed by atoms with Crippen molar-refractivity contribution in [1.29, 1.82) is 0 Å². The lowest BCUT2D eigenvalue weighted by molar-refractivity contribution is -0.384. The molecule has 1 rings (SSSR count). The number of nitro benzene ring substituents is 1. The molecule has 0 amide bonds. The molecule has 1 N–H and O–H groups in total. The monoisotopic (exact) mass is 325 g/mol. The van der Waals surface area contributed by atoms with Gasteiger partial charge in [-0.3, -0.25) is 15.5 Å². The minimum Gasteiger partial charge on any atom is -0.491 e. The first kappa shape index (κ1) is 18.4. The highest BCUT2D eigenvalue weighted by atomic mass is 16.6. The van der Waals surface area contributed by atoms with Crippen LogP contribution in [-0.4, -0.2) is 43.5 Å². The fourth-order valence-electron chi connectivity index (χ4n) is 1.51. The third kappa shape index (κ3) is 5.91. The maximum Gasteiger partial charge on any atom is 0.354 e. The third-order valence-corrected chi connectivity index (χ3v) is 2.64. The van der Waals surface area contributed by atoms with Crippen LogP contribution in [0.4, 0.5) is 11.4 Å². The first-order valence-corrected chi connectivity index (χ1v) is 6.87. The van der Waals surface area contributed by atoms with Gasteiger partial charge in [0.05, 0.1) is 24.2 Å². The highest BCUT2D eigenvalue weighted by Crippen LogP contribution is 2.29. The van der Waals surface area contributed by atoms with E-state index < -0.39 is 10.9 Å². The van der Waals surface area contributed by atoms with Crippen LogP contribution in [0.25, 0.3) is 0 Å². The molecule has 0 saturated carbocycles. The van der Waals surface area contributed by atoms with Gasteiger partial charge in [-0.2, -0.15) is 5.10 Å². The van der Waals surface area contributed by atoms with E-state index in [1.165, 1.54) is 26.2 Å². The van der Waals surface area contributed by atoms with Crippen molar-refractivity contribution < 1.29 is 23.9 Å². The van der Waals surface area contributed by atoms with Crippen LogP contribution >= 0.6 is 0 Å². The molecule has 9 nitrogen and oxygen atoms in total. The number of hydrogen-bond acceptors (Lipinski definition) is 8. The van der Waals surface area contributed by atoms with Crippen molar-refractivity contribution in [1.82, 2.24) is 0 Å². The van der Waals surface area contributed by atoms with Crippen molar-refractivity contribution in [2.45, 2.75) is 13.8 Å². The number of nitrogens with one attached hydrogen (secondary N) is 1. The van der Waals surface area contributed by atoms with Crippen LogP contribution in [0.15, 0.2) is 23.3 Å². The van der Waals surface area contributed by atoms with Gasteiger partial charge in [0.25, 0.3) is 5.69 Å². The summed E-state index contributed by atoms with van der Waals surface area (Å²) in [4.78, 5) is 22.0. The summed E-state index contributed by atoms with van der Waals surface area (Å²) in [6, 6.07) is 4.27. The lowest BCUT2D eigenvalue weighted by atomic mass is 10.2. The standard InChI is InChI=1S/C14H19N3O6/c1-4-22-14(18)10(2)15-16-12-6-5-11(23-8-7-21-3)9-13(12)17(19)20/h5-6,9,16H,4,7-8H2,1-3H3/b15-10+. The van der Waals surface area contributed by atoms with E-state index in [2.05, 4.69) is 10.5 Å². The summed E-state index contributed by atoms with van der Waals surface area (Å²) < 4.78 is 14.9. The molecule has 0 radical (unpaired) electrons. The molecule has 23 heavy (non-hydrogen) atoms. The highest BCUT2D eigenvalue weighted by molar-refractivity contribution is 6.35. The zero-order chi connectivity index (χ0) is 17.2. The Balaban J connectivity index is 2.87. The summed E-state index contributed by atoms with van der Waals surface area (Å²) in [5.41, 5.74) is 2.47. The molecule has 0 bridgehead atoms. The molecule has 0 atom stereocenters. The Labute approximate surface area is 133 Å². The van der Waals surface area contributed by atoms with Gasteiger partial charge in [-0.1, -0.05) is 0 Å². The topological polar surface area (TPSA) is 112 Å². The number of nitrogens with zero attached hydrogens (tertiary/aromatic N) is 2. The minimum absolute atomic E-state index is 0.0570. The van der Waals surface area contributed by atoms with Crippen LogP contribution in [0.3, 0.4) is 0 Å². The maximum atomic E-state index is 11.4. The first-order chi connectivity index (χ1) is 11.0. The molecular weight excluding hydrogens is 306 g/mol. The van der Waals surface area contributed by atoms with Crippen LogP contribution in [0.2, 0.25) is 0 Å². The van der Waals surface area contributed by atoms with Gasteiger partial charge in [0.15, 0.2) is 0 Å². The zero-order valence-electron chi connectivity index (χ0n) is 13.2. The van der Waals surface area contributed by atoms with Crippen LogP contribution in [0.1, 0.15) is 13.8 Å². The maximum absolute atomic E-state index is 11.4. The number of ether oxygens (including phenoxy) is 3. The molecule has 9 heteroatoms. The number of nitro groups is 1. The number of benzene rings is 1. The van der Waals surface area contributed by atoms with Crippen LogP contribution in [-0.2, 0) is 14.3 Å². The number of anilines is 1. The van der Waals surface area contributed by atoms with E-state index in [-0.39, 0.29) is 30.3 Å². The summed E-state index contributed by atoms with van der Waals surface area (Å²) >= 11 is 0. The van der Waals surface area contributed by atoms with Crippen molar-refractivity contribution in [3.8, 4) is 5.75 Å². The number of rotatable bonds is 9. The van der Waals surface area contributed by atoms with Crippen LogP contribution in [0.5, 0.6) is 5.75 Å². The average Bonchev–Trinajstić information content (AvgIpc) is 2.53. The number of esters is 1. The van der Waals surface area contributed by atoms with Crippen molar-refractivity contribution in [2.24, 2.45) is 5.10 Å². The van der Waals surface area contributed by atoms with E-state index in [1.807, 2.05) is 0 Å². The van der Waals surface area contributed by atoms with E-state index in [0.717, 1.165) is 0 Å². The largest absolute Gasteiger partial charge is 0.491 e. The quantitative estimate of drug-likeness (QED) is 0.243. The zero-order valence-corrected chi connectivity index (χ0v) is 13.2. The molecule has 0 unspecified atom stereocenters. The Morgan fingerprint density at radius 3 is 2.74 bits per heavy atom. The lowest BCUT2D eigenvalue weighted by Gasteiger charge is -2.08. The average molecular weight is 325 g/mol. The molecule has 0 fully saturated rings. The number of hydrazone groups is 1. The van der Waals surface area contributed by atoms with E-state index in [4.69, 9.17) is 14.2 Å². The molecule has 0 saturated heterocycles. The van der Waals surface area contributed by atoms with Gasteiger partial charge in [0.1, 0.15) is 23.8 Å². The summed E-state index contributed by atoms with van der Waals surface area (Å²) in [7, 11) is 1.53. The second-order valence-electron chi connectivity index (χ2n) is 4.31. The molecule has 0 aliphatic carbocycles. The normalized spacial score (nSPS) is 11.0. The Bertz CT molecular complexity index is 588. The lowest BCUT2D eigenvalue weighted by Crippen LogP contribution is -2.15. The molecule has 0 spiro atoms. The van der Waals surface area contributed by atoms with Gasteiger partial charge in [-0.05, 0) is 26.0 Å². The van der Waals surface area contributed by atoms with E-state index in [9.17, 15) is 14.9 Å². The summed E-state index contributed by atoms with van der Waals surface area (Å²) in [5.74, 6) is -0.257. The predicted octanol–water partition coefficient (Wildman–Crippen LogP) is 1.97. The fraction of sp³-hybridized carbons (Fsp3) is 0.429. The van der Waals surface area contributed by atoms with Crippen molar-refractivity contribution in [2.75, 3.05) is 32.4 Å². The molecule has 1 aromatic rings. The number of hydrogen-bond donors (Lipinski definition) is 1. The van der Waals surface area contributed by atoms with Crippen molar-refractivity contribution >= 4 is 23.1 Å². The van der Waals surface area contributed by atoms with E-state index in [1.54, 1.807) is 13.0 Å². The summed E-state index contributed by atoms with van der Waals surface area (Å²) in [6.45, 7) is 3.99. The third-order valence-electron chi connectivity index (χ3n) is 2.64. The molecule has 0 aromatic heterocycles. The summed E-state index contributed by atoms with van der Waals surface area (Å²) in [5, 5.41) is 14.9. The molecule has 0 heterocycles. The first-order valence-electron chi connectivity index (χ1n) is 6.87. The van der Waals surface area contributed by atoms with Gasteiger partial charge < -0.3 is 14.2 Å². The highest BCUT2D eigenvalue weighted by Gasteiger charge is 2.16. The molecule has 0 aliphatic rings. The van der Waals surface area contributed by atoms with Gasteiger partial charge in [0.2, 0.25) is 0 Å². The van der Waals surface area contributed by atoms with Gasteiger partial charge >= 0.3 is 5.97 Å². The van der Waals surface area contributed by atoms with Crippen LogP contribution in [0, 0.1) is 10.1 Å². The second kappa shape index (κ2) is 9.36. The van der Waals surface area contributed by atoms with E-state index in [0.29, 0.717) is 12.4 Å². The number of methoxy groups -OCH3 is 1. The van der Waals surface area contributed by atoms with Gasteiger partial charge in [0, 0.05) is 7.11 Å². The number of carbonyl (C=O) groups is 1. The Hall–Kier alpha value is -2.68. The van der Waals surface area contributed by atoms with Gasteiger partial charge in [-0.15, -0.1) is 0 Å².